The van der Waals surface area contributed by atoms with Crippen LogP contribution in [-0.4, -0.2) is 50.1 Å². The molecule has 1 atom stereocenters. The molecule has 0 amide bonds. The molecule has 0 aliphatic rings. The van der Waals surface area contributed by atoms with E-state index in [-0.39, 0.29) is 25.9 Å². The number of unbranched alkanes of at least 4 members (excludes halogenated alkanes) is 1. The first-order valence-electron chi connectivity index (χ1n) is 5.75. The smallest absolute Gasteiger partial charge is 0.331 e. The Morgan fingerprint density at radius 2 is 1.78 bits per heavy atom. The van der Waals surface area contributed by atoms with Crippen molar-refractivity contribution in [1.82, 2.24) is 0 Å². The van der Waals surface area contributed by atoms with Gasteiger partial charge in [-0.15, -0.1) is 0 Å². The number of esters is 2. The molecule has 0 aromatic rings. The number of hydrogen-bond acceptors (Lipinski definition) is 6. The topological polar surface area (TPSA) is 82.1 Å². The lowest BCUT2D eigenvalue weighted by atomic mass is 10.3. The summed E-state index contributed by atoms with van der Waals surface area (Å²) < 4.78 is 14.5. The van der Waals surface area contributed by atoms with Gasteiger partial charge in [-0.3, -0.25) is 0 Å². The minimum Gasteiger partial charge on any atom is -0.463 e. The van der Waals surface area contributed by atoms with E-state index in [1.165, 1.54) is 7.11 Å². The van der Waals surface area contributed by atoms with Crippen molar-refractivity contribution in [1.29, 1.82) is 0 Å². The maximum atomic E-state index is 11.1. The summed E-state index contributed by atoms with van der Waals surface area (Å²) in [6.45, 7) is 2.18. The van der Waals surface area contributed by atoms with Crippen LogP contribution in [-0.2, 0) is 23.8 Å². The van der Waals surface area contributed by atoms with Gasteiger partial charge >= 0.3 is 11.9 Å². The maximum Gasteiger partial charge on any atom is 0.331 e. The molecular weight excluding hydrogens is 240 g/mol. The summed E-state index contributed by atoms with van der Waals surface area (Å²) in [5.74, 6) is -1.23. The first-order chi connectivity index (χ1) is 8.60. The zero-order valence-corrected chi connectivity index (χ0v) is 10.8. The maximum absolute atomic E-state index is 11.1. The number of ether oxygens (including phenoxy) is 3. The van der Waals surface area contributed by atoms with Gasteiger partial charge in [0.15, 0.2) is 0 Å². The van der Waals surface area contributed by atoms with E-state index in [0.717, 1.165) is 12.2 Å². The van der Waals surface area contributed by atoms with Crippen LogP contribution in [0.1, 0.15) is 19.8 Å². The molecule has 0 aromatic heterocycles. The third-order valence-corrected chi connectivity index (χ3v) is 2.01. The number of carbonyl (C=O) groups is 2. The molecule has 1 unspecified atom stereocenters. The Morgan fingerprint density at radius 3 is 2.33 bits per heavy atom. The quantitative estimate of drug-likeness (QED) is 0.368. The fourth-order valence-electron chi connectivity index (χ4n) is 0.886. The number of methoxy groups -OCH3 is 1. The van der Waals surface area contributed by atoms with Gasteiger partial charge < -0.3 is 19.3 Å². The minimum atomic E-state index is -0.619. The molecule has 6 nitrogen and oxygen atoms in total. The van der Waals surface area contributed by atoms with Crippen molar-refractivity contribution < 1.29 is 28.9 Å². The van der Waals surface area contributed by atoms with Crippen LogP contribution in [0.15, 0.2) is 12.2 Å². The molecule has 104 valence electrons. The molecule has 0 fully saturated rings. The monoisotopic (exact) mass is 260 g/mol. The van der Waals surface area contributed by atoms with Gasteiger partial charge in [0.2, 0.25) is 0 Å². The molecule has 1 N–H and O–H groups in total. The van der Waals surface area contributed by atoms with Crippen LogP contribution >= 0.6 is 0 Å². The molecule has 18 heavy (non-hydrogen) atoms. The van der Waals surface area contributed by atoms with Crippen LogP contribution in [0, 0.1) is 0 Å². The first-order valence-corrected chi connectivity index (χ1v) is 5.75. The SMILES string of the molecule is COC(C)COC(=O)/C=C\C(=O)OCCCCO. The van der Waals surface area contributed by atoms with Gasteiger partial charge in [-0.2, -0.15) is 0 Å². The van der Waals surface area contributed by atoms with E-state index in [1.807, 2.05) is 0 Å². The molecular formula is C12H20O6. The average molecular weight is 260 g/mol. The molecule has 0 bridgehead atoms. The van der Waals surface area contributed by atoms with E-state index >= 15 is 0 Å². The number of rotatable bonds is 9. The average Bonchev–Trinajstić information content (AvgIpc) is 2.38. The number of carbonyl (C=O) groups excluding carboxylic acids is 2. The Labute approximate surface area is 107 Å². The second-order valence-corrected chi connectivity index (χ2v) is 3.61. The summed E-state index contributed by atoms with van der Waals surface area (Å²) in [5, 5.41) is 8.51. The Bertz CT molecular complexity index is 274. The van der Waals surface area contributed by atoms with Crippen LogP contribution < -0.4 is 0 Å². The van der Waals surface area contributed by atoms with Crippen LogP contribution in [0.2, 0.25) is 0 Å². The normalized spacial score (nSPS) is 12.4. The van der Waals surface area contributed by atoms with E-state index < -0.39 is 11.9 Å². The highest BCUT2D eigenvalue weighted by Gasteiger charge is 2.04. The summed E-state index contributed by atoms with van der Waals surface area (Å²) in [5.41, 5.74) is 0. The van der Waals surface area contributed by atoms with Crippen molar-refractivity contribution in [2.45, 2.75) is 25.9 Å². The highest BCUT2D eigenvalue weighted by atomic mass is 16.6. The lowest BCUT2D eigenvalue weighted by Gasteiger charge is -2.08. The highest BCUT2D eigenvalue weighted by molar-refractivity contribution is 5.91. The zero-order valence-electron chi connectivity index (χ0n) is 10.8. The second-order valence-electron chi connectivity index (χ2n) is 3.61. The first kappa shape index (κ1) is 16.6. The van der Waals surface area contributed by atoms with Gasteiger partial charge in [0.1, 0.15) is 6.61 Å². The van der Waals surface area contributed by atoms with Gasteiger partial charge in [-0.1, -0.05) is 0 Å². The van der Waals surface area contributed by atoms with Gasteiger partial charge in [-0.05, 0) is 19.8 Å². The summed E-state index contributed by atoms with van der Waals surface area (Å²) in [4.78, 5) is 22.2. The van der Waals surface area contributed by atoms with E-state index in [1.54, 1.807) is 6.92 Å². The molecule has 0 rings (SSSR count). The molecule has 0 saturated heterocycles. The van der Waals surface area contributed by atoms with E-state index in [2.05, 4.69) is 0 Å². The van der Waals surface area contributed by atoms with Gasteiger partial charge in [0, 0.05) is 25.9 Å². The Hall–Kier alpha value is -1.40. The van der Waals surface area contributed by atoms with Crippen molar-refractivity contribution in [2.24, 2.45) is 0 Å². The second kappa shape index (κ2) is 10.7. The van der Waals surface area contributed by atoms with E-state index in [4.69, 9.17) is 19.3 Å². The van der Waals surface area contributed by atoms with Crippen molar-refractivity contribution in [2.75, 3.05) is 26.9 Å². The standard InChI is InChI=1S/C12H20O6/c1-10(16-2)9-18-12(15)6-5-11(14)17-8-4-3-7-13/h5-6,10,13H,3-4,7-9H2,1-2H3/b6-5-. The van der Waals surface area contributed by atoms with Crippen LogP contribution in [0.3, 0.4) is 0 Å². The van der Waals surface area contributed by atoms with Crippen molar-refractivity contribution >= 4 is 11.9 Å². The zero-order chi connectivity index (χ0) is 13.8. The fraction of sp³-hybridized carbons (Fsp3) is 0.667. The van der Waals surface area contributed by atoms with Gasteiger partial charge in [0.25, 0.3) is 0 Å². The van der Waals surface area contributed by atoms with Crippen LogP contribution in [0.25, 0.3) is 0 Å². The molecule has 0 aliphatic heterocycles. The summed E-state index contributed by atoms with van der Waals surface area (Å²) in [6, 6.07) is 0. The Morgan fingerprint density at radius 1 is 1.17 bits per heavy atom. The third-order valence-electron chi connectivity index (χ3n) is 2.01. The summed E-state index contributed by atoms with van der Waals surface area (Å²) in [6.07, 6.45) is 3.00. The Balaban J connectivity index is 3.71. The minimum absolute atomic E-state index is 0.0669. The highest BCUT2D eigenvalue weighted by Crippen LogP contribution is 1.93. The summed E-state index contributed by atoms with van der Waals surface area (Å²) >= 11 is 0. The number of aliphatic hydroxyl groups excluding tert-OH is 1. The molecule has 0 saturated carbocycles. The molecule has 6 heteroatoms. The van der Waals surface area contributed by atoms with Crippen LogP contribution in [0.5, 0.6) is 0 Å². The third kappa shape index (κ3) is 9.80. The Kier molecular flexibility index (Phi) is 9.90. The van der Waals surface area contributed by atoms with Gasteiger partial charge in [-0.25, -0.2) is 9.59 Å². The molecule has 0 radical (unpaired) electrons. The van der Waals surface area contributed by atoms with Crippen LogP contribution in [0.4, 0.5) is 0 Å². The number of hydrogen-bond donors (Lipinski definition) is 1. The predicted molar refractivity (Wildman–Crippen MR) is 63.8 cm³/mol. The van der Waals surface area contributed by atoms with Crippen molar-refractivity contribution in [3.63, 3.8) is 0 Å². The molecule has 0 heterocycles. The van der Waals surface area contributed by atoms with E-state index in [9.17, 15) is 9.59 Å². The van der Waals surface area contributed by atoms with Gasteiger partial charge in [0.05, 0.1) is 12.7 Å². The molecule has 0 aliphatic carbocycles. The fourth-order valence-corrected chi connectivity index (χ4v) is 0.886. The molecule has 0 aromatic carbocycles. The van der Waals surface area contributed by atoms with Crippen molar-refractivity contribution in [3.05, 3.63) is 12.2 Å². The largest absolute Gasteiger partial charge is 0.463 e. The molecule has 0 spiro atoms. The van der Waals surface area contributed by atoms with Crippen molar-refractivity contribution in [3.8, 4) is 0 Å². The predicted octanol–water partition coefficient (Wildman–Crippen LogP) is 0.436. The summed E-state index contributed by atoms with van der Waals surface area (Å²) in [7, 11) is 1.51. The van der Waals surface area contributed by atoms with E-state index in [0.29, 0.717) is 12.8 Å². The number of aliphatic hydroxyl groups is 1. The lowest BCUT2D eigenvalue weighted by molar-refractivity contribution is -0.142. The lowest BCUT2D eigenvalue weighted by Crippen LogP contribution is -2.16.